The Balaban J connectivity index is 1.43. The molecule has 0 fully saturated rings. The van der Waals surface area contributed by atoms with Crippen molar-refractivity contribution in [3.05, 3.63) is 101 Å². The first-order valence-electron chi connectivity index (χ1n) is 9.40. The van der Waals surface area contributed by atoms with E-state index in [-0.39, 0.29) is 11.5 Å². The Morgan fingerprint density at radius 2 is 1.63 bits per heavy atom. The summed E-state index contributed by atoms with van der Waals surface area (Å²) in [4.78, 5) is 16.9. The van der Waals surface area contributed by atoms with Crippen LogP contribution in [0.15, 0.2) is 98.7 Å². The summed E-state index contributed by atoms with van der Waals surface area (Å²) in [5.41, 5.74) is 1.95. The lowest BCUT2D eigenvalue weighted by Gasteiger charge is -2.07. The van der Waals surface area contributed by atoms with E-state index in [0.717, 1.165) is 16.5 Å². The molecule has 0 aliphatic rings. The highest BCUT2D eigenvalue weighted by Crippen LogP contribution is 2.25. The molecule has 6 nitrogen and oxygen atoms in total. The van der Waals surface area contributed by atoms with Crippen molar-refractivity contribution < 1.29 is 13.7 Å². The van der Waals surface area contributed by atoms with Crippen LogP contribution in [0.1, 0.15) is 5.56 Å². The van der Waals surface area contributed by atoms with Gasteiger partial charge in [0.15, 0.2) is 0 Å². The summed E-state index contributed by atoms with van der Waals surface area (Å²) in [6, 6.07) is 26.3. The molecule has 0 unspecified atom stereocenters. The van der Waals surface area contributed by atoms with E-state index in [1.807, 2.05) is 72.8 Å². The van der Waals surface area contributed by atoms with E-state index < -0.39 is 5.63 Å². The van der Waals surface area contributed by atoms with Crippen molar-refractivity contribution in [1.82, 2.24) is 10.1 Å². The number of benzene rings is 3. The first-order chi connectivity index (χ1) is 14.8. The van der Waals surface area contributed by atoms with Crippen molar-refractivity contribution in [2.45, 2.75) is 6.61 Å². The molecular formula is C24H16N2O4. The van der Waals surface area contributed by atoms with Crippen molar-refractivity contribution >= 4 is 11.0 Å². The Bertz CT molecular complexity index is 1360. The third-order valence-electron chi connectivity index (χ3n) is 4.64. The van der Waals surface area contributed by atoms with Crippen LogP contribution in [0.3, 0.4) is 0 Å². The van der Waals surface area contributed by atoms with Crippen LogP contribution < -0.4 is 10.4 Å². The van der Waals surface area contributed by atoms with Crippen molar-refractivity contribution in [1.29, 1.82) is 0 Å². The predicted molar refractivity (Wildman–Crippen MR) is 112 cm³/mol. The maximum atomic E-state index is 12.5. The average Bonchev–Trinajstić information content (AvgIpc) is 3.28. The highest BCUT2D eigenvalue weighted by molar-refractivity contribution is 5.81. The molecule has 0 spiro atoms. The second-order valence-electron chi connectivity index (χ2n) is 6.71. The molecule has 0 atom stereocenters. The van der Waals surface area contributed by atoms with Crippen molar-refractivity contribution in [2.75, 3.05) is 0 Å². The van der Waals surface area contributed by atoms with E-state index in [1.54, 1.807) is 12.1 Å². The highest BCUT2D eigenvalue weighted by atomic mass is 16.5. The van der Waals surface area contributed by atoms with Gasteiger partial charge in [-0.1, -0.05) is 65.8 Å². The number of aromatic nitrogens is 2. The highest BCUT2D eigenvalue weighted by Gasteiger charge is 2.16. The largest absolute Gasteiger partial charge is 0.489 e. The monoisotopic (exact) mass is 396 g/mol. The predicted octanol–water partition coefficient (Wildman–Crippen LogP) is 5.09. The molecule has 30 heavy (non-hydrogen) atoms. The Kier molecular flexibility index (Phi) is 4.57. The number of nitrogens with zero attached hydrogens (tertiary/aromatic N) is 2. The van der Waals surface area contributed by atoms with Crippen LogP contribution in [0.5, 0.6) is 5.75 Å². The van der Waals surface area contributed by atoms with Gasteiger partial charge in [0.2, 0.25) is 5.82 Å². The normalized spacial score (nSPS) is 10.9. The molecule has 0 saturated heterocycles. The van der Waals surface area contributed by atoms with Crippen LogP contribution in [0.25, 0.3) is 33.8 Å². The fourth-order valence-electron chi connectivity index (χ4n) is 3.11. The third kappa shape index (κ3) is 3.58. The number of rotatable bonds is 5. The van der Waals surface area contributed by atoms with Crippen LogP contribution in [-0.4, -0.2) is 10.1 Å². The van der Waals surface area contributed by atoms with Gasteiger partial charge in [0.1, 0.15) is 23.5 Å². The number of fused-ring (bicyclic) bond motifs is 1. The minimum absolute atomic E-state index is 0.119. The van der Waals surface area contributed by atoms with Crippen molar-refractivity contribution in [2.24, 2.45) is 0 Å². The molecule has 2 heterocycles. The SMILES string of the molecule is O=c1oc2cc(OCc3ccccc3)ccc2cc1-c1nc(-c2ccccc2)no1. The maximum Gasteiger partial charge on any atom is 0.349 e. The van der Waals surface area contributed by atoms with Crippen LogP contribution >= 0.6 is 0 Å². The lowest BCUT2D eigenvalue weighted by molar-refractivity contribution is 0.306. The molecule has 6 heteroatoms. The molecule has 5 aromatic rings. The van der Waals surface area contributed by atoms with Crippen LogP contribution in [-0.2, 0) is 6.61 Å². The standard InChI is InChI=1S/C24H16N2O4/c27-24-20(23-25-22(26-30-23)17-9-5-2-6-10-17)13-18-11-12-19(14-21(18)29-24)28-15-16-7-3-1-4-8-16/h1-14H,15H2. The minimum Gasteiger partial charge on any atom is -0.489 e. The van der Waals surface area contributed by atoms with E-state index in [2.05, 4.69) is 10.1 Å². The van der Waals surface area contributed by atoms with Crippen LogP contribution in [0, 0.1) is 0 Å². The third-order valence-corrected chi connectivity index (χ3v) is 4.64. The number of hydrogen-bond donors (Lipinski definition) is 0. The Hall–Kier alpha value is -4.19. The van der Waals surface area contributed by atoms with Gasteiger partial charge < -0.3 is 13.7 Å². The summed E-state index contributed by atoms with van der Waals surface area (Å²) in [6.07, 6.45) is 0. The van der Waals surface area contributed by atoms with E-state index in [9.17, 15) is 4.79 Å². The van der Waals surface area contributed by atoms with Crippen LogP contribution in [0.2, 0.25) is 0 Å². The van der Waals surface area contributed by atoms with Gasteiger partial charge in [0.25, 0.3) is 5.89 Å². The summed E-state index contributed by atoms with van der Waals surface area (Å²) < 4.78 is 16.6. The summed E-state index contributed by atoms with van der Waals surface area (Å²) in [5.74, 6) is 1.15. The lowest BCUT2D eigenvalue weighted by atomic mass is 10.1. The molecule has 5 rings (SSSR count). The van der Waals surface area contributed by atoms with Gasteiger partial charge in [-0.2, -0.15) is 4.98 Å². The van der Waals surface area contributed by atoms with Crippen molar-refractivity contribution in [3.8, 4) is 28.6 Å². The molecule has 0 aliphatic heterocycles. The van der Waals surface area contributed by atoms with Gasteiger partial charge in [-0.25, -0.2) is 4.79 Å². The van der Waals surface area contributed by atoms with Gasteiger partial charge in [-0.15, -0.1) is 0 Å². The van der Waals surface area contributed by atoms with E-state index in [4.69, 9.17) is 13.7 Å². The summed E-state index contributed by atoms with van der Waals surface area (Å²) in [5, 5.41) is 4.70. The summed E-state index contributed by atoms with van der Waals surface area (Å²) in [7, 11) is 0. The molecule has 0 aliphatic carbocycles. The first-order valence-corrected chi connectivity index (χ1v) is 9.40. The Morgan fingerprint density at radius 1 is 0.867 bits per heavy atom. The zero-order valence-corrected chi connectivity index (χ0v) is 15.8. The van der Waals surface area contributed by atoms with Gasteiger partial charge >= 0.3 is 5.63 Å². The number of ether oxygens (including phenoxy) is 1. The quantitative estimate of drug-likeness (QED) is 0.385. The molecule has 0 saturated carbocycles. The van der Waals surface area contributed by atoms with Gasteiger partial charge in [-0.05, 0) is 23.8 Å². The van der Waals surface area contributed by atoms with E-state index in [0.29, 0.717) is 23.8 Å². The molecule has 0 N–H and O–H groups in total. The second kappa shape index (κ2) is 7.67. The molecule has 3 aromatic carbocycles. The molecule has 0 amide bonds. The maximum absolute atomic E-state index is 12.5. The fraction of sp³-hybridized carbons (Fsp3) is 0.0417. The summed E-state index contributed by atoms with van der Waals surface area (Å²) in [6.45, 7) is 0.429. The smallest absolute Gasteiger partial charge is 0.349 e. The van der Waals surface area contributed by atoms with Gasteiger partial charge in [0.05, 0.1) is 0 Å². The number of hydrogen-bond acceptors (Lipinski definition) is 6. The zero-order valence-electron chi connectivity index (χ0n) is 15.8. The lowest BCUT2D eigenvalue weighted by Crippen LogP contribution is -2.03. The van der Waals surface area contributed by atoms with Gasteiger partial charge in [0, 0.05) is 17.0 Å². The first kappa shape index (κ1) is 17.9. The van der Waals surface area contributed by atoms with E-state index in [1.165, 1.54) is 0 Å². The second-order valence-corrected chi connectivity index (χ2v) is 6.71. The molecular weight excluding hydrogens is 380 g/mol. The molecule has 0 bridgehead atoms. The van der Waals surface area contributed by atoms with E-state index >= 15 is 0 Å². The zero-order chi connectivity index (χ0) is 20.3. The molecule has 0 radical (unpaired) electrons. The average molecular weight is 396 g/mol. The Labute approximate surface area is 171 Å². The topological polar surface area (TPSA) is 78.4 Å². The minimum atomic E-state index is -0.550. The molecule has 2 aromatic heterocycles. The molecule has 146 valence electrons. The summed E-state index contributed by atoms with van der Waals surface area (Å²) >= 11 is 0. The van der Waals surface area contributed by atoms with Crippen molar-refractivity contribution in [3.63, 3.8) is 0 Å². The van der Waals surface area contributed by atoms with Crippen LogP contribution in [0.4, 0.5) is 0 Å². The van der Waals surface area contributed by atoms with Gasteiger partial charge in [-0.3, -0.25) is 0 Å². The Morgan fingerprint density at radius 3 is 2.43 bits per heavy atom. The fourth-order valence-corrected chi connectivity index (χ4v) is 3.11.